The molecule has 3 nitrogen and oxygen atoms in total. The molecule has 2 rings (SSSR count). The Bertz CT molecular complexity index is 370. The predicted octanol–water partition coefficient (Wildman–Crippen LogP) is 1.87. The van der Waals surface area contributed by atoms with Gasteiger partial charge in [0, 0.05) is 5.92 Å². The molecule has 0 aliphatic carbocycles. The van der Waals surface area contributed by atoms with Gasteiger partial charge in [-0.05, 0) is 17.7 Å². The molecule has 0 aromatic heterocycles. The highest BCUT2D eigenvalue weighted by molar-refractivity contribution is 5.70. The van der Waals surface area contributed by atoms with Gasteiger partial charge in [0.1, 0.15) is 5.82 Å². The average molecular weight is 224 g/mol. The number of rotatable bonds is 4. The van der Waals surface area contributed by atoms with Gasteiger partial charge in [0.15, 0.2) is 0 Å². The second kappa shape index (κ2) is 4.61. The number of ether oxygens (including phenoxy) is 2. The highest BCUT2D eigenvalue weighted by Crippen LogP contribution is 2.33. The van der Waals surface area contributed by atoms with Gasteiger partial charge in [-0.1, -0.05) is 12.1 Å². The molecule has 1 aliphatic rings. The van der Waals surface area contributed by atoms with E-state index in [0.29, 0.717) is 6.61 Å². The molecule has 2 atom stereocenters. The topological polar surface area (TPSA) is 38.8 Å². The smallest absolute Gasteiger partial charge is 0.306 e. The van der Waals surface area contributed by atoms with Crippen molar-refractivity contribution in [1.29, 1.82) is 0 Å². The van der Waals surface area contributed by atoms with Crippen molar-refractivity contribution in [2.75, 3.05) is 13.7 Å². The van der Waals surface area contributed by atoms with Crippen LogP contribution in [0.2, 0.25) is 0 Å². The Kier molecular flexibility index (Phi) is 3.19. The van der Waals surface area contributed by atoms with E-state index in [1.54, 1.807) is 12.1 Å². The maximum Gasteiger partial charge on any atom is 0.306 e. The van der Waals surface area contributed by atoms with Crippen LogP contribution in [-0.2, 0) is 14.3 Å². The van der Waals surface area contributed by atoms with Crippen molar-refractivity contribution in [2.24, 2.45) is 0 Å². The zero-order chi connectivity index (χ0) is 11.5. The van der Waals surface area contributed by atoms with Crippen LogP contribution in [0.4, 0.5) is 4.39 Å². The van der Waals surface area contributed by atoms with Crippen LogP contribution < -0.4 is 0 Å². The van der Waals surface area contributed by atoms with Crippen molar-refractivity contribution in [1.82, 2.24) is 0 Å². The number of carbonyl (C=O) groups excluding carboxylic acids is 1. The molecule has 1 fully saturated rings. The molecule has 0 N–H and O–H groups in total. The number of benzene rings is 1. The van der Waals surface area contributed by atoms with Crippen molar-refractivity contribution < 1.29 is 18.7 Å². The van der Waals surface area contributed by atoms with E-state index in [-0.39, 0.29) is 30.2 Å². The fraction of sp³-hybridized carbons (Fsp3) is 0.417. The van der Waals surface area contributed by atoms with Crippen molar-refractivity contribution in [3.63, 3.8) is 0 Å². The monoisotopic (exact) mass is 224 g/mol. The van der Waals surface area contributed by atoms with E-state index in [2.05, 4.69) is 4.74 Å². The van der Waals surface area contributed by atoms with Gasteiger partial charge in [0.25, 0.3) is 0 Å². The van der Waals surface area contributed by atoms with Gasteiger partial charge >= 0.3 is 5.97 Å². The van der Waals surface area contributed by atoms with Crippen LogP contribution in [0.5, 0.6) is 0 Å². The van der Waals surface area contributed by atoms with Crippen molar-refractivity contribution >= 4 is 5.97 Å². The summed E-state index contributed by atoms with van der Waals surface area (Å²) < 4.78 is 22.6. The maximum absolute atomic E-state index is 12.8. The molecule has 1 aromatic rings. The van der Waals surface area contributed by atoms with Crippen LogP contribution >= 0.6 is 0 Å². The number of halogens is 1. The molecule has 1 saturated heterocycles. The summed E-state index contributed by atoms with van der Waals surface area (Å²) in [4.78, 5) is 11.2. The lowest BCUT2D eigenvalue weighted by atomic mass is 9.93. The van der Waals surface area contributed by atoms with Gasteiger partial charge in [-0.15, -0.1) is 0 Å². The molecule has 0 saturated carbocycles. The van der Waals surface area contributed by atoms with Crippen molar-refractivity contribution in [2.45, 2.75) is 18.4 Å². The molecule has 1 heterocycles. The standard InChI is InChI=1S/C12H13FO3/c1-15-12(14)6-10(11-7-16-11)8-2-4-9(13)5-3-8/h2-5,10-11H,6-7H2,1H3/t10-,11+/m1/s1. The third kappa shape index (κ3) is 2.58. The van der Waals surface area contributed by atoms with Gasteiger partial charge in [-0.2, -0.15) is 0 Å². The highest BCUT2D eigenvalue weighted by atomic mass is 19.1. The van der Waals surface area contributed by atoms with Gasteiger partial charge < -0.3 is 9.47 Å². The fourth-order valence-electron chi connectivity index (χ4n) is 1.72. The van der Waals surface area contributed by atoms with E-state index in [9.17, 15) is 9.18 Å². The molecular weight excluding hydrogens is 211 g/mol. The molecule has 1 aliphatic heterocycles. The minimum absolute atomic E-state index is 0.0342. The minimum atomic E-state index is -0.280. The Morgan fingerprint density at radius 3 is 2.69 bits per heavy atom. The van der Waals surface area contributed by atoms with Crippen LogP contribution in [0.3, 0.4) is 0 Å². The first-order valence-corrected chi connectivity index (χ1v) is 5.14. The van der Waals surface area contributed by atoms with Crippen molar-refractivity contribution in [3.8, 4) is 0 Å². The molecule has 0 bridgehead atoms. The normalized spacial score (nSPS) is 20.2. The zero-order valence-electron chi connectivity index (χ0n) is 8.98. The van der Waals surface area contributed by atoms with E-state index in [1.807, 2.05) is 0 Å². The lowest BCUT2D eigenvalue weighted by molar-refractivity contribution is -0.141. The van der Waals surface area contributed by atoms with Crippen LogP contribution in [0, 0.1) is 5.82 Å². The number of hydrogen-bond donors (Lipinski definition) is 0. The summed E-state index contributed by atoms with van der Waals surface area (Å²) in [7, 11) is 1.36. The lowest BCUT2D eigenvalue weighted by Gasteiger charge is -2.13. The number of epoxide rings is 1. The predicted molar refractivity (Wildman–Crippen MR) is 55.5 cm³/mol. The lowest BCUT2D eigenvalue weighted by Crippen LogP contribution is -2.13. The summed E-state index contributed by atoms with van der Waals surface area (Å²) in [6.07, 6.45) is 0.330. The molecule has 16 heavy (non-hydrogen) atoms. The summed E-state index contributed by atoms with van der Waals surface area (Å²) in [5.74, 6) is -0.588. The summed E-state index contributed by atoms with van der Waals surface area (Å²) in [5, 5.41) is 0. The van der Waals surface area contributed by atoms with E-state index in [0.717, 1.165) is 5.56 Å². The van der Waals surface area contributed by atoms with Gasteiger partial charge in [0.2, 0.25) is 0 Å². The first-order chi connectivity index (χ1) is 7.70. The molecule has 0 radical (unpaired) electrons. The largest absolute Gasteiger partial charge is 0.469 e. The summed E-state index contributed by atoms with van der Waals surface area (Å²) in [5.41, 5.74) is 0.911. The minimum Gasteiger partial charge on any atom is -0.469 e. The van der Waals surface area contributed by atoms with Crippen LogP contribution in [0.1, 0.15) is 17.9 Å². The van der Waals surface area contributed by atoms with E-state index < -0.39 is 0 Å². The average Bonchev–Trinajstić information content (AvgIpc) is 3.11. The van der Waals surface area contributed by atoms with Crippen LogP contribution in [-0.4, -0.2) is 25.8 Å². The highest BCUT2D eigenvalue weighted by Gasteiger charge is 2.35. The fourth-order valence-corrected chi connectivity index (χ4v) is 1.72. The van der Waals surface area contributed by atoms with Gasteiger partial charge in [-0.25, -0.2) is 4.39 Å². The number of hydrogen-bond acceptors (Lipinski definition) is 3. The summed E-state index contributed by atoms with van der Waals surface area (Å²) in [6, 6.07) is 6.15. The molecule has 0 amide bonds. The second-order valence-corrected chi connectivity index (χ2v) is 3.81. The number of carbonyl (C=O) groups is 1. The van der Waals surface area contributed by atoms with Crippen LogP contribution in [0.15, 0.2) is 24.3 Å². The number of esters is 1. The van der Waals surface area contributed by atoms with Gasteiger partial charge in [0.05, 0.1) is 26.2 Å². The molecule has 0 unspecified atom stereocenters. The molecule has 4 heteroatoms. The Morgan fingerprint density at radius 2 is 2.19 bits per heavy atom. The Hall–Kier alpha value is -1.42. The maximum atomic E-state index is 12.8. The summed E-state index contributed by atoms with van der Waals surface area (Å²) in [6.45, 7) is 0.652. The van der Waals surface area contributed by atoms with Gasteiger partial charge in [-0.3, -0.25) is 4.79 Å². The Morgan fingerprint density at radius 1 is 1.56 bits per heavy atom. The Balaban J connectivity index is 2.12. The first kappa shape index (κ1) is 11.1. The van der Waals surface area contributed by atoms with E-state index >= 15 is 0 Å². The van der Waals surface area contributed by atoms with Crippen LogP contribution in [0.25, 0.3) is 0 Å². The third-order valence-corrected chi connectivity index (χ3v) is 2.72. The quantitative estimate of drug-likeness (QED) is 0.579. The molecule has 1 aromatic carbocycles. The Labute approximate surface area is 93.2 Å². The first-order valence-electron chi connectivity index (χ1n) is 5.14. The zero-order valence-corrected chi connectivity index (χ0v) is 8.98. The van der Waals surface area contributed by atoms with E-state index in [4.69, 9.17) is 4.74 Å². The molecular formula is C12H13FO3. The molecule has 86 valence electrons. The SMILES string of the molecule is COC(=O)C[C@H](c1ccc(F)cc1)[C@@H]1CO1. The van der Waals surface area contributed by atoms with E-state index in [1.165, 1.54) is 19.2 Å². The summed E-state index contributed by atoms with van der Waals surface area (Å²) >= 11 is 0. The molecule has 0 spiro atoms. The third-order valence-electron chi connectivity index (χ3n) is 2.72. The second-order valence-electron chi connectivity index (χ2n) is 3.81. The van der Waals surface area contributed by atoms with Crippen molar-refractivity contribution in [3.05, 3.63) is 35.6 Å². The number of methoxy groups -OCH3 is 1.